The van der Waals surface area contributed by atoms with Crippen LogP contribution < -0.4 is 0 Å². The third-order valence-corrected chi connectivity index (χ3v) is 1.72. The quantitative estimate of drug-likeness (QED) is 0.631. The minimum Gasteiger partial charge on any atom is -0.269 e. The van der Waals surface area contributed by atoms with E-state index in [-0.39, 0.29) is 0 Å². The van der Waals surface area contributed by atoms with Crippen LogP contribution in [0, 0.1) is 6.92 Å². The fourth-order valence-corrected chi connectivity index (χ4v) is 1.09. The highest BCUT2D eigenvalue weighted by atomic mass is 15.3. The molecule has 0 bridgehead atoms. The lowest BCUT2D eigenvalue weighted by atomic mass is 10.5. The molecule has 0 saturated heterocycles. The van der Waals surface area contributed by atoms with Gasteiger partial charge in [-0.15, -0.1) is 0 Å². The first-order chi connectivity index (χ1) is 5.79. The number of aromatic nitrogens is 4. The van der Waals surface area contributed by atoms with E-state index in [0.717, 1.165) is 23.4 Å². The molecule has 0 aliphatic heterocycles. The van der Waals surface area contributed by atoms with Crippen LogP contribution in [0.3, 0.4) is 0 Å². The van der Waals surface area contributed by atoms with E-state index in [1.54, 1.807) is 6.20 Å². The molecule has 0 fully saturated rings. The first-order valence-electron chi connectivity index (χ1n) is 3.96. The molecule has 0 saturated carbocycles. The zero-order valence-electron chi connectivity index (χ0n) is 7.15. The van der Waals surface area contributed by atoms with Crippen molar-refractivity contribution in [2.75, 3.05) is 0 Å². The standard InChI is InChI=1S/C8H10N4/c1-3-12-5-7-8(11-12)10-6(2)4-9-7/h4-5H,3H2,1-2H3. The van der Waals surface area contributed by atoms with Gasteiger partial charge in [0.1, 0.15) is 5.52 Å². The van der Waals surface area contributed by atoms with Crippen LogP contribution in [0.4, 0.5) is 0 Å². The molecule has 12 heavy (non-hydrogen) atoms. The monoisotopic (exact) mass is 162 g/mol. The smallest absolute Gasteiger partial charge is 0.200 e. The lowest BCUT2D eigenvalue weighted by Gasteiger charge is -1.88. The number of nitrogens with zero attached hydrogens (tertiary/aromatic N) is 4. The predicted octanol–water partition coefficient (Wildman–Crippen LogP) is 1.15. The molecule has 2 aromatic rings. The maximum Gasteiger partial charge on any atom is 0.200 e. The summed E-state index contributed by atoms with van der Waals surface area (Å²) in [4.78, 5) is 8.45. The van der Waals surface area contributed by atoms with Crippen LogP contribution in [0.25, 0.3) is 11.2 Å². The summed E-state index contributed by atoms with van der Waals surface area (Å²) in [7, 11) is 0. The fourth-order valence-electron chi connectivity index (χ4n) is 1.09. The predicted molar refractivity (Wildman–Crippen MR) is 45.7 cm³/mol. The molecule has 0 aliphatic rings. The highest BCUT2D eigenvalue weighted by molar-refractivity contribution is 5.68. The van der Waals surface area contributed by atoms with E-state index < -0.39 is 0 Å². The van der Waals surface area contributed by atoms with Gasteiger partial charge in [-0.3, -0.25) is 4.68 Å². The lowest BCUT2D eigenvalue weighted by molar-refractivity contribution is 0.665. The number of rotatable bonds is 1. The van der Waals surface area contributed by atoms with E-state index in [4.69, 9.17) is 0 Å². The average Bonchev–Trinajstić information content (AvgIpc) is 2.46. The summed E-state index contributed by atoms with van der Waals surface area (Å²) in [5, 5.41) is 4.24. The Morgan fingerprint density at radius 1 is 1.50 bits per heavy atom. The van der Waals surface area contributed by atoms with Gasteiger partial charge >= 0.3 is 0 Å². The summed E-state index contributed by atoms with van der Waals surface area (Å²) in [5.74, 6) is 0. The van der Waals surface area contributed by atoms with Crippen LogP contribution in [-0.2, 0) is 6.54 Å². The molecule has 0 unspecified atom stereocenters. The van der Waals surface area contributed by atoms with E-state index in [1.165, 1.54) is 0 Å². The molecule has 62 valence electrons. The molecule has 0 atom stereocenters. The van der Waals surface area contributed by atoms with Crippen LogP contribution in [0.5, 0.6) is 0 Å². The minimum atomic E-state index is 0.733. The summed E-state index contributed by atoms with van der Waals surface area (Å²) in [6.07, 6.45) is 3.66. The van der Waals surface area contributed by atoms with Gasteiger partial charge in [0.15, 0.2) is 5.65 Å². The molecule has 0 aromatic carbocycles. The Balaban J connectivity index is 2.67. The van der Waals surface area contributed by atoms with Crippen molar-refractivity contribution in [2.45, 2.75) is 20.4 Å². The zero-order valence-corrected chi connectivity index (χ0v) is 7.15. The Morgan fingerprint density at radius 3 is 3.08 bits per heavy atom. The van der Waals surface area contributed by atoms with Gasteiger partial charge in [-0.1, -0.05) is 0 Å². The van der Waals surface area contributed by atoms with Gasteiger partial charge in [0, 0.05) is 12.7 Å². The summed E-state index contributed by atoms with van der Waals surface area (Å²) in [6.45, 7) is 4.81. The highest BCUT2D eigenvalue weighted by Crippen LogP contribution is 2.05. The molecule has 2 aromatic heterocycles. The van der Waals surface area contributed by atoms with Crippen molar-refractivity contribution in [3.63, 3.8) is 0 Å². The fraction of sp³-hybridized carbons (Fsp3) is 0.375. The van der Waals surface area contributed by atoms with E-state index in [0.29, 0.717) is 0 Å². The Labute approximate surface area is 70.3 Å². The Hall–Kier alpha value is -1.45. The maximum absolute atomic E-state index is 4.25. The normalized spacial score (nSPS) is 10.8. The van der Waals surface area contributed by atoms with Gasteiger partial charge in [-0.2, -0.15) is 5.10 Å². The second kappa shape index (κ2) is 2.55. The van der Waals surface area contributed by atoms with Crippen LogP contribution in [0.15, 0.2) is 12.4 Å². The number of aryl methyl sites for hydroxylation is 2. The lowest BCUT2D eigenvalue weighted by Crippen LogP contribution is -1.93. The minimum absolute atomic E-state index is 0.733. The summed E-state index contributed by atoms with van der Waals surface area (Å²) < 4.78 is 1.84. The highest BCUT2D eigenvalue weighted by Gasteiger charge is 2.00. The number of hydrogen-bond acceptors (Lipinski definition) is 3. The molecular formula is C8H10N4. The van der Waals surface area contributed by atoms with E-state index in [9.17, 15) is 0 Å². The van der Waals surface area contributed by atoms with Crippen molar-refractivity contribution in [2.24, 2.45) is 0 Å². The van der Waals surface area contributed by atoms with Crippen LogP contribution in [0.1, 0.15) is 12.6 Å². The Kier molecular flexibility index (Phi) is 1.53. The maximum atomic E-state index is 4.25. The SMILES string of the molecule is CCn1cc2ncc(C)nc2n1. The van der Waals surface area contributed by atoms with Crippen molar-refractivity contribution in [3.05, 3.63) is 18.1 Å². The largest absolute Gasteiger partial charge is 0.269 e. The van der Waals surface area contributed by atoms with E-state index >= 15 is 0 Å². The third kappa shape index (κ3) is 1.05. The first kappa shape index (κ1) is 7.21. The summed E-state index contributed by atoms with van der Waals surface area (Å²) >= 11 is 0. The molecule has 0 N–H and O–H groups in total. The van der Waals surface area contributed by atoms with Crippen molar-refractivity contribution < 1.29 is 0 Å². The van der Waals surface area contributed by atoms with Crippen LogP contribution in [-0.4, -0.2) is 19.7 Å². The van der Waals surface area contributed by atoms with Gasteiger partial charge in [-0.05, 0) is 13.8 Å². The molecule has 4 heteroatoms. The molecule has 2 rings (SSSR count). The Bertz CT molecular complexity index is 404. The van der Waals surface area contributed by atoms with Crippen molar-refractivity contribution in [1.82, 2.24) is 19.7 Å². The molecular weight excluding hydrogens is 152 g/mol. The van der Waals surface area contributed by atoms with Gasteiger partial charge < -0.3 is 0 Å². The van der Waals surface area contributed by atoms with Crippen LogP contribution >= 0.6 is 0 Å². The molecule has 0 amide bonds. The van der Waals surface area contributed by atoms with Gasteiger partial charge in [0.05, 0.1) is 11.9 Å². The van der Waals surface area contributed by atoms with Crippen molar-refractivity contribution >= 4 is 11.2 Å². The topological polar surface area (TPSA) is 43.6 Å². The average molecular weight is 162 g/mol. The van der Waals surface area contributed by atoms with Crippen LogP contribution in [0.2, 0.25) is 0 Å². The van der Waals surface area contributed by atoms with Gasteiger partial charge in [0.2, 0.25) is 0 Å². The third-order valence-electron chi connectivity index (χ3n) is 1.72. The van der Waals surface area contributed by atoms with Crippen molar-refractivity contribution in [1.29, 1.82) is 0 Å². The molecule has 4 nitrogen and oxygen atoms in total. The molecule has 0 aliphatic carbocycles. The van der Waals surface area contributed by atoms with E-state index in [2.05, 4.69) is 15.1 Å². The van der Waals surface area contributed by atoms with Gasteiger partial charge in [0.25, 0.3) is 0 Å². The number of hydrogen-bond donors (Lipinski definition) is 0. The second-order valence-corrected chi connectivity index (χ2v) is 2.71. The molecule has 0 radical (unpaired) electrons. The summed E-state index contributed by atoms with van der Waals surface area (Å²) in [6, 6.07) is 0. The zero-order chi connectivity index (χ0) is 8.55. The molecule has 0 spiro atoms. The second-order valence-electron chi connectivity index (χ2n) is 2.71. The molecule has 2 heterocycles. The first-order valence-corrected chi connectivity index (χ1v) is 3.96. The van der Waals surface area contributed by atoms with Gasteiger partial charge in [-0.25, -0.2) is 9.97 Å². The summed E-state index contributed by atoms with van der Waals surface area (Å²) in [5.41, 5.74) is 2.50. The van der Waals surface area contributed by atoms with Crippen molar-refractivity contribution in [3.8, 4) is 0 Å². The van der Waals surface area contributed by atoms with E-state index in [1.807, 2.05) is 24.7 Å². The number of fused-ring (bicyclic) bond motifs is 1. The Morgan fingerprint density at radius 2 is 2.33 bits per heavy atom.